The molecule has 0 unspecified atom stereocenters. The summed E-state index contributed by atoms with van der Waals surface area (Å²) in [5.74, 6) is -2.94. The van der Waals surface area contributed by atoms with Crippen LogP contribution in [0.3, 0.4) is 0 Å². The molecule has 3 aromatic rings. The lowest BCUT2D eigenvalue weighted by Crippen LogP contribution is -2.06. The molecule has 2 aromatic carbocycles. The Balaban J connectivity index is 1.96. The minimum absolute atomic E-state index is 0.0464. The van der Waals surface area contributed by atoms with Gasteiger partial charge in [0.05, 0.1) is 0 Å². The molecule has 0 bridgehead atoms. The van der Waals surface area contributed by atoms with Gasteiger partial charge < -0.3 is 4.42 Å². The van der Waals surface area contributed by atoms with Gasteiger partial charge in [0.1, 0.15) is 11.6 Å². The van der Waals surface area contributed by atoms with Crippen molar-refractivity contribution in [2.75, 3.05) is 0 Å². The largest absolute Gasteiger partial charge is 0.450 e. The molecule has 0 radical (unpaired) electrons. The Morgan fingerprint density at radius 2 is 1.57 bits per heavy atom. The molecule has 0 N–H and O–H groups in total. The number of carbonyl (C=O) groups excluding carboxylic acids is 1. The highest BCUT2D eigenvalue weighted by Crippen LogP contribution is 2.24. The van der Waals surface area contributed by atoms with Crippen molar-refractivity contribution < 1.29 is 22.4 Å². The third-order valence-corrected chi connectivity index (χ3v) is 3.17. The van der Waals surface area contributed by atoms with Crippen LogP contribution in [0.2, 0.25) is 0 Å². The van der Waals surface area contributed by atoms with Crippen molar-refractivity contribution in [2.45, 2.75) is 6.42 Å². The highest BCUT2D eigenvalue weighted by atomic mass is 19.1. The van der Waals surface area contributed by atoms with Gasteiger partial charge >= 0.3 is 0 Å². The lowest BCUT2D eigenvalue weighted by molar-refractivity contribution is 0.0966. The van der Waals surface area contributed by atoms with Gasteiger partial charge in [-0.3, -0.25) is 4.79 Å². The zero-order valence-electron chi connectivity index (χ0n) is 10.7. The molecule has 0 atom stereocenters. The lowest BCUT2D eigenvalue weighted by Gasteiger charge is -2.02. The molecule has 0 aliphatic carbocycles. The van der Waals surface area contributed by atoms with Gasteiger partial charge in [-0.05, 0) is 24.3 Å². The Kier molecular flexibility index (Phi) is 3.25. The van der Waals surface area contributed by atoms with E-state index in [1.165, 1.54) is 24.3 Å². The molecular formula is C16H9F3O2. The minimum atomic E-state index is -0.800. The molecule has 106 valence electrons. The van der Waals surface area contributed by atoms with E-state index in [4.69, 9.17) is 4.42 Å². The molecule has 0 fully saturated rings. The van der Waals surface area contributed by atoms with Crippen LogP contribution in [0, 0.1) is 17.5 Å². The van der Waals surface area contributed by atoms with Crippen molar-refractivity contribution in [3.63, 3.8) is 0 Å². The van der Waals surface area contributed by atoms with Crippen LogP contribution in [0.1, 0.15) is 16.1 Å². The number of furan rings is 1. The van der Waals surface area contributed by atoms with Gasteiger partial charge in [0.15, 0.2) is 17.2 Å². The van der Waals surface area contributed by atoms with Crippen molar-refractivity contribution in [1.29, 1.82) is 0 Å². The maximum absolute atomic E-state index is 13.5. The Hall–Kier alpha value is -2.56. The van der Waals surface area contributed by atoms with Crippen molar-refractivity contribution in [1.82, 2.24) is 0 Å². The van der Waals surface area contributed by atoms with Gasteiger partial charge in [0.2, 0.25) is 5.78 Å². The number of hydrogen-bond donors (Lipinski definition) is 0. The number of carbonyl (C=O) groups is 1. The highest BCUT2D eigenvalue weighted by Gasteiger charge is 2.18. The normalized spacial score (nSPS) is 11.0. The van der Waals surface area contributed by atoms with E-state index in [1.54, 1.807) is 6.07 Å². The summed E-state index contributed by atoms with van der Waals surface area (Å²) in [5, 5.41) is 0.423. The summed E-state index contributed by atoms with van der Waals surface area (Å²) >= 11 is 0. The summed E-state index contributed by atoms with van der Waals surface area (Å²) in [7, 11) is 0. The maximum Gasteiger partial charge on any atom is 0.202 e. The van der Waals surface area contributed by atoms with E-state index >= 15 is 0 Å². The van der Waals surface area contributed by atoms with Crippen molar-refractivity contribution in [2.24, 2.45) is 0 Å². The summed E-state index contributed by atoms with van der Waals surface area (Å²) in [4.78, 5) is 12.0. The van der Waals surface area contributed by atoms with Crippen molar-refractivity contribution >= 4 is 16.8 Å². The summed E-state index contributed by atoms with van der Waals surface area (Å²) in [5.41, 5.74) is -0.377. The second-order valence-electron chi connectivity index (χ2n) is 4.57. The van der Waals surface area contributed by atoms with Crippen LogP contribution in [0.25, 0.3) is 11.0 Å². The molecule has 0 saturated carbocycles. The number of fused-ring (bicyclic) bond motifs is 1. The first-order valence-electron chi connectivity index (χ1n) is 6.20. The number of para-hydroxylation sites is 1. The predicted octanol–water partition coefficient (Wildman–Crippen LogP) is 4.28. The Morgan fingerprint density at radius 3 is 2.24 bits per heavy atom. The maximum atomic E-state index is 13.5. The van der Waals surface area contributed by atoms with Crippen LogP contribution in [0.15, 0.2) is 46.9 Å². The first-order chi connectivity index (χ1) is 10.1. The highest BCUT2D eigenvalue weighted by molar-refractivity contribution is 5.98. The molecule has 1 aromatic heterocycles. The first-order valence-corrected chi connectivity index (χ1v) is 6.20. The molecule has 0 aliphatic rings. The zero-order valence-corrected chi connectivity index (χ0v) is 10.7. The number of halogens is 3. The second kappa shape index (κ2) is 5.09. The quantitative estimate of drug-likeness (QED) is 0.674. The van der Waals surface area contributed by atoms with E-state index in [0.29, 0.717) is 5.39 Å². The van der Waals surface area contributed by atoms with E-state index in [-0.39, 0.29) is 16.9 Å². The Bertz CT molecular complexity index is 816. The van der Waals surface area contributed by atoms with E-state index in [2.05, 4.69) is 0 Å². The van der Waals surface area contributed by atoms with Gasteiger partial charge in [-0.1, -0.05) is 18.2 Å². The fourth-order valence-corrected chi connectivity index (χ4v) is 2.11. The number of hydrogen-bond acceptors (Lipinski definition) is 2. The molecule has 0 amide bonds. The summed E-state index contributed by atoms with van der Waals surface area (Å²) in [6, 6.07) is 9.00. The lowest BCUT2D eigenvalue weighted by atomic mass is 10.1. The third-order valence-electron chi connectivity index (χ3n) is 3.17. The smallest absolute Gasteiger partial charge is 0.202 e. The molecule has 0 saturated heterocycles. The number of Topliss-reactive ketones (excluding diaryl/α,β-unsaturated/α-hetero) is 1. The molecule has 21 heavy (non-hydrogen) atoms. The van der Waals surface area contributed by atoms with Crippen LogP contribution in [-0.2, 0) is 6.42 Å². The van der Waals surface area contributed by atoms with Crippen LogP contribution in [-0.4, -0.2) is 5.78 Å². The molecule has 2 nitrogen and oxygen atoms in total. The SMILES string of the molecule is O=C(Cc1c(F)cccc1F)c1cc2cccc(F)c2o1. The molecule has 0 spiro atoms. The number of rotatable bonds is 3. The fraction of sp³-hybridized carbons (Fsp3) is 0.0625. The molecule has 3 rings (SSSR count). The van der Waals surface area contributed by atoms with Crippen LogP contribution in [0.4, 0.5) is 13.2 Å². The molecular weight excluding hydrogens is 281 g/mol. The van der Waals surface area contributed by atoms with Gasteiger partial charge in [0, 0.05) is 17.4 Å². The molecule has 1 heterocycles. The average Bonchev–Trinajstić information content (AvgIpc) is 2.88. The zero-order chi connectivity index (χ0) is 15.0. The van der Waals surface area contributed by atoms with Gasteiger partial charge in [-0.2, -0.15) is 0 Å². The minimum Gasteiger partial charge on any atom is -0.450 e. The fourth-order valence-electron chi connectivity index (χ4n) is 2.11. The van der Waals surface area contributed by atoms with E-state index in [0.717, 1.165) is 12.1 Å². The summed E-state index contributed by atoms with van der Waals surface area (Å²) in [6.07, 6.45) is -0.486. The van der Waals surface area contributed by atoms with Crippen LogP contribution in [0.5, 0.6) is 0 Å². The molecule has 5 heteroatoms. The third kappa shape index (κ3) is 2.42. The van der Waals surface area contributed by atoms with E-state index < -0.39 is 29.7 Å². The van der Waals surface area contributed by atoms with Crippen LogP contribution < -0.4 is 0 Å². The molecule has 0 aliphatic heterocycles. The second-order valence-corrected chi connectivity index (χ2v) is 4.57. The van der Waals surface area contributed by atoms with E-state index in [9.17, 15) is 18.0 Å². The average molecular weight is 290 g/mol. The van der Waals surface area contributed by atoms with Gasteiger partial charge in [-0.15, -0.1) is 0 Å². The summed E-state index contributed by atoms with van der Waals surface area (Å²) in [6.45, 7) is 0. The van der Waals surface area contributed by atoms with E-state index in [1.807, 2.05) is 0 Å². The van der Waals surface area contributed by atoms with Crippen molar-refractivity contribution in [3.05, 3.63) is 71.2 Å². The topological polar surface area (TPSA) is 30.2 Å². The summed E-state index contributed by atoms with van der Waals surface area (Å²) < 4.78 is 45.7. The predicted molar refractivity (Wildman–Crippen MR) is 70.6 cm³/mol. The number of benzene rings is 2. The number of ketones is 1. The van der Waals surface area contributed by atoms with Crippen LogP contribution >= 0.6 is 0 Å². The Morgan fingerprint density at radius 1 is 0.952 bits per heavy atom. The monoisotopic (exact) mass is 290 g/mol. The standard InChI is InChI=1S/C16H9F3O2/c17-11-4-2-5-12(18)10(11)8-14(20)15-7-9-3-1-6-13(19)16(9)21-15/h1-7H,8H2. The van der Waals surface area contributed by atoms with Crippen molar-refractivity contribution in [3.8, 4) is 0 Å². The van der Waals surface area contributed by atoms with Gasteiger partial charge in [-0.25, -0.2) is 13.2 Å². The first kappa shape index (κ1) is 13.4. The van der Waals surface area contributed by atoms with Gasteiger partial charge in [0.25, 0.3) is 0 Å². The Labute approximate surface area is 117 Å².